The Bertz CT molecular complexity index is 1610. The Balaban J connectivity index is 1.62. The molecule has 0 radical (unpaired) electrons. The molecule has 5 aromatic rings. The summed E-state index contributed by atoms with van der Waals surface area (Å²) < 4.78 is 15.0. The molecule has 2 N–H and O–H groups in total. The predicted molar refractivity (Wildman–Crippen MR) is 139 cm³/mol. The van der Waals surface area contributed by atoms with Gasteiger partial charge in [-0.15, -0.1) is 0 Å². The summed E-state index contributed by atoms with van der Waals surface area (Å²) in [5, 5.41) is 15.0. The van der Waals surface area contributed by atoms with E-state index in [9.17, 15) is 5.26 Å². The summed E-state index contributed by atoms with van der Waals surface area (Å²) in [5.41, 5.74) is 12.9. The standard InChI is InChI=1S/C28H26N6O2/c1-17-6-11-25(36-16-20-7-9-21(35-4)10-8-20)18(2)26(17)34-27(30)23(15-29)22-14-24(19(3)32-28(22)34)33-13-5-12-31-33/h5-14H,16,30H2,1-4H3. The van der Waals surface area contributed by atoms with Crippen molar-refractivity contribution >= 4 is 16.9 Å². The number of ether oxygens (including phenoxy) is 2. The fraction of sp³-hybridized carbons (Fsp3) is 0.179. The fourth-order valence-electron chi connectivity index (χ4n) is 4.49. The number of nitrogens with zero attached hydrogens (tertiary/aromatic N) is 5. The molecule has 0 saturated carbocycles. The van der Waals surface area contributed by atoms with E-state index in [-0.39, 0.29) is 0 Å². The van der Waals surface area contributed by atoms with Crippen molar-refractivity contribution in [2.24, 2.45) is 0 Å². The lowest BCUT2D eigenvalue weighted by Crippen LogP contribution is -2.08. The molecule has 0 amide bonds. The molecule has 36 heavy (non-hydrogen) atoms. The average molecular weight is 479 g/mol. The second-order valence-corrected chi connectivity index (χ2v) is 8.61. The van der Waals surface area contributed by atoms with Gasteiger partial charge in [0.25, 0.3) is 0 Å². The first kappa shape index (κ1) is 23.0. The molecule has 3 aromatic heterocycles. The first-order valence-corrected chi connectivity index (χ1v) is 11.5. The smallest absolute Gasteiger partial charge is 0.147 e. The molecule has 0 unspecified atom stereocenters. The molecule has 0 aliphatic carbocycles. The summed E-state index contributed by atoms with van der Waals surface area (Å²) >= 11 is 0. The highest BCUT2D eigenvalue weighted by Gasteiger charge is 2.23. The third-order valence-electron chi connectivity index (χ3n) is 6.37. The Morgan fingerprint density at radius 1 is 1.08 bits per heavy atom. The van der Waals surface area contributed by atoms with Gasteiger partial charge in [-0.1, -0.05) is 18.2 Å². The Morgan fingerprint density at radius 3 is 2.53 bits per heavy atom. The van der Waals surface area contributed by atoms with E-state index in [0.717, 1.165) is 45.3 Å². The van der Waals surface area contributed by atoms with Crippen LogP contribution in [0.2, 0.25) is 0 Å². The Morgan fingerprint density at radius 2 is 1.86 bits per heavy atom. The van der Waals surface area contributed by atoms with Crippen LogP contribution < -0.4 is 15.2 Å². The highest BCUT2D eigenvalue weighted by Crippen LogP contribution is 2.37. The molecular weight excluding hydrogens is 452 g/mol. The third-order valence-corrected chi connectivity index (χ3v) is 6.37. The van der Waals surface area contributed by atoms with Gasteiger partial charge < -0.3 is 15.2 Å². The molecule has 0 saturated heterocycles. The largest absolute Gasteiger partial charge is 0.497 e. The van der Waals surface area contributed by atoms with Crippen molar-refractivity contribution in [1.82, 2.24) is 19.3 Å². The van der Waals surface area contributed by atoms with E-state index in [1.54, 1.807) is 18.0 Å². The maximum atomic E-state index is 9.98. The average Bonchev–Trinajstić information content (AvgIpc) is 3.50. The van der Waals surface area contributed by atoms with Gasteiger partial charge in [0.2, 0.25) is 0 Å². The number of hydrogen-bond donors (Lipinski definition) is 1. The van der Waals surface area contributed by atoms with E-state index in [1.165, 1.54) is 0 Å². The topological polar surface area (TPSA) is 104 Å². The monoisotopic (exact) mass is 478 g/mol. The van der Waals surface area contributed by atoms with Crippen LogP contribution in [0, 0.1) is 32.1 Å². The molecule has 0 aliphatic rings. The number of nitrogen functional groups attached to an aromatic ring is 1. The maximum absolute atomic E-state index is 9.98. The molecular formula is C28H26N6O2. The van der Waals surface area contributed by atoms with E-state index >= 15 is 0 Å². The van der Waals surface area contributed by atoms with Crippen molar-refractivity contribution < 1.29 is 9.47 Å². The molecule has 3 heterocycles. The summed E-state index contributed by atoms with van der Waals surface area (Å²) in [6.07, 6.45) is 3.55. The summed E-state index contributed by atoms with van der Waals surface area (Å²) in [7, 11) is 1.64. The number of anilines is 1. The number of methoxy groups -OCH3 is 1. The summed E-state index contributed by atoms with van der Waals surface area (Å²) in [5.74, 6) is 1.88. The molecule has 0 aliphatic heterocycles. The van der Waals surface area contributed by atoms with E-state index in [2.05, 4.69) is 11.2 Å². The number of fused-ring (bicyclic) bond motifs is 1. The fourth-order valence-corrected chi connectivity index (χ4v) is 4.49. The van der Waals surface area contributed by atoms with Crippen molar-refractivity contribution in [2.45, 2.75) is 27.4 Å². The molecule has 8 heteroatoms. The first-order chi connectivity index (χ1) is 17.4. The van der Waals surface area contributed by atoms with Gasteiger partial charge in [0.1, 0.15) is 41.2 Å². The zero-order valence-corrected chi connectivity index (χ0v) is 20.6. The lowest BCUT2D eigenvalue weighted by atomic mass is 10.1. The van der Waals surface area contributed by atoms with E-state index in [4.69, 9.17) is 20.2 Å². The second kappa shape index (κ2) is 9.12. The van der Waals surface area contributed by atoms with Crippen LogP contribution in [0.4, 0.5) is 5.82 Å². The van der Waals surface area contributed by atoms with Crippen LogP contribution >= 0.6 is 0 Å². The molecule has 2 aromatic carbocycles. The number of rotatable bonds is 6. The summed E-state index contributed by atoms with van der Waals surface area (Å²) in [4.78, 5) is 4.88. The highest BCUT2D eigenvalue weighted by atomic mass is 16.5. The van der Waals surface area contributed by atoms with Gasteiger partial charge in [-0.3, -0.25) is 4.57 Å². The number of hydrogen-bond acceptors (Lipinski definition) is 6. The number of aryl methyl sites for hydroxylation is 2. The summed E-state index contributed by atoms with van der Waals surface area (Å²) in [6, 6.07) is 17.8. The number of aromatic nitrogens is 4. The van der Waals surface area contributed by atoms with Crippen LogP contribution in [0.3, 0.4) is 0 Å². The molecule has 0 fully saturated rings. The number of nitriles is 1. The van der Waals surface area contributed by atoms with Crippen molar-refractivity contribution in [3.8, 4) is 28.9 Å². The normalized spacial score (nSPS) is 11.0. The van der Waals surface area contributed by atoms with E-state index < -0.39 is 0 Å². The van der Waals surface area contributed by atoms with Crippen molar-refractivity contribution in [3.05, 3.63) is 88.9 Å². The number of nitrogens with two attached hydrogens (primary N) is 1. The third kappa shape index (κ3) is 3.81. The second-order valence-electron chi connectivity index (χ2n) is 8.61. The molecule has 0 bridgehead atoms. The van der Waals surface area contributed by atoms with Crippen molar-refractivity contribution in [3.63, 3.8) is 0 Å². The number of benzene rings is 2. The van der Waals surface area contributed by atoms with Crippen LogP contribution in [0.5, 0.6) is 11.5 Å². The van der Waals surface area contributed by atoms with E-state index in [1.807, 2.05) is 80.1 Å². The SMILES string of the molecule is COc1ccc(COc2ccc(C)c(-n3c(N)c(C#N)c4cc(-n5cccn5)c(C)nc43)c2C)cc1. The molecule has 0 spiro atoms. The lowest BCUT2D eigenvalue weighted by molar-refractivity contribution is 0.303. The Kier molecular flexibility index (Phi) is 5.82. The minimum absolute atomic E-state index is 0.343. The van der Waals surface area contributed by atoms with Gasteiger partial charge in [-0.05, 0) is 62.2 Å². The highest BCUT2D eigenvalue weighted by molar-refractivity contribution is 5.93. The van der Waals surface area contributed by atoms with Gasteiger partial charge in [-0.25, -0.2) is 9.67 Å². The van der Waals surface area contributed by atoms with E-state index in [0.29, 0.717) is 29.0 Å². The van der Waals surface area contributed by atoms with Crippen LogP contribution in [0.1, 0.15) is 27.9 Å². The van der Waals surface area contributed by atoms with Gasteiger partial charge >= 0.3 is 0 Å². The molecule has 180 valence electrons. The lowest BCUT2D eigenvalue weighted by Gasteiger charge is -2.18. The quantitative estimate of drug-likeness (QED) is 0.361. The van der Waals surface area contributed by atoms with Crippen LogP contribution in [-0.2, 0) is 6.61 Å². The Labute approximate surface area is 209 Å². The Hall–Kier alpha value is -4.77. The van der Waals surface area contributed by atoms with Crippen LogP contribution in [0.15, 0.2) is 60.9 Å². The molecule has 5 rings (SSSR count). The van der Waals surface area contributed by atoms with Gasteiger partial charge in [0.15, 0.2) is 0 Å². The van der Waals surface area contributed by atoms with Crippen LogP contribution in [0.25, 0.3) is 22.4 Å². The van der Waals surface area contributed by atoms with Gasteiger partial charge in [0.05, 0.1) is 24.2 Å². The van der Waals surface area contributed by atoms with Crippen molar-refractivity contribution in [2.75, 3.05) is 12.8 Å². The minimum atomic E-state index is 0.343. The van der Waals surface area contributed by atoms with Gasteiger partial charge in [0, 0.05) is 23.3 Å². The summed E-state index contributed by atoms with van der Waals surface area (Å²) in [6.45, 7) is 6.33. The maximum Gasteiger partial charge on any atom is 0.147 e. The zero-order chi connectivity index (χ0) is 25.4. The molecule has 8 nitrogen and oxygen atoms in total. The predicted octanol–water partition coefficient (Wildman–Crippen LogP) is 5.18. The minimum Gasteiger partial charge on any atom is -0.497 e. The zero-order valence-electron chi connectivity index (χ0n) is 20.6. The molecule has 0 atom stereocenters. The van der Waals surface area contributed by atoms with Gasteiger partial charge in [-0.2, -0.15) is 10.4 Å². The van der Waals surface area contributed by atoms with Crippen LogP contribution in [-0.4, -0.2) is 26.4 Å². The first-order valence-electron chi connectivity index (χ1n) is 11.5. The van der Waals surface area contributed by atoms with Crippen molar-refractivity contribution in [1.29, 1.82) is 5.26 Å². The number of pyridine rings is 1.